The minimum Gasteiger partial charge on any atom is -0.421 e. The minimum absolute atomic E-state index is 0.00782. The molecular weight excluding hydrogens is 724 g/mol. The Labute approximate surface area is 298 Å². The first-order valence-corrected chi connectivity index (χ1v) is 17.9. The van der Waals surface area contributed by atoms with Crippen molar-refractivity contribution in [3.63, 3.8) is 0 Å². The molecule has 5 aromatic rings. The summed E-state index contributed by atoms with van der Waals surface area (Å²) in [6.07, 6.45) is 1.99. The summed E-state index contributed by atoms with van der Waals surface area (Å²) in [7, 11) is -5.11. The second-order valence-corrected chi connectivity index (χ2v) is 15.3. The number of nitrogens with zero attached hydrogens (tertiary/aromatic N) is 7. The molecule has 0 saturated heterocycles. The Morgan fingerprint density at radius 3 is 2.62 bits per heavy atom. The highest BCUT2D eigenvalue weighted by molar-refractivity contribution is 7.46. The first-order chi connectivity index (χ1) is 24.5. The highest BCUT2D eigenvalue weighted by Gasteiger charge is 2.66. The normalized spacial score (nSPS) is 14.8. The van der Waals surface area contributed by atoms with Crippen LogP contribution in [0.4, 0.5) is 29.3 Å². The number of pyridine rings is 1. The van der Waals surface area contributed by atoms with Crippen molar-refractivity contribution in [3.8, 4) is 18.4 Å². The van der Waals surface area contributed by atoms with Gasteiger partial charge >= 0.3 is 20.1 Å². The fourth-order valence-electron chi connectivity index (χ4n) is 5.67. The van der Waals surface area contributed by atoms with Gasteiger partial charge in [-0.2, -0.15) is 18.4 Å². The maximum Gasteiger partial charge on any atom is 0.472 e. The molecule has 19 heteroatoms. The van der Waals surface area contributed by atoms with Crippen LogP contribution >= 0.6 is 19.2 Å². The summed E-state index contributed by atoms with van der Waals surface area (Å²) in [6, 6.07) is 8.46. The number of hydrogen-bond acceptors (Lipinski definition) is 11. The molecule has 3 N–H and O–H groups in total. The summed E-state index contributed by atoms with van der Waals surface area (Å²) in [5, 5.41) is 22.0. The van der Waals surface area contributed by atoms with Crippen LogP contribution in [0.3, 0.4) is 0 Å². The number of nitriles is 1. The predicted octanol–water partition coefficient (Wildman–Crippen LogP) is 6.60. The first kappa shape index (κ1) is 36.7. The molecule has 14 nitrogen and oxygen atoms in total. The Kier molecular flexibility index (Phi) is 9.50. The molecule has 1 saturated carbocycles. The van der Waals surface area contributed by atoms with Crippen molar-refractivity contribution >= 4 is 57.7 Å². The molecule has 0 spiro atoms. The van der Waals surface area contributed by atoms with Crippen LogP contribution in [0.1, 0.15) is 62.0 Å². The number of rotatable bonds is 10. The van der Waals surface area contributed by atoms with Gasteiger partial charge in [-0.05, 0) is 36.5 Å². The van der Waals surface area contributed by atoms with Crippen molar-refractivity contribution in [2.45, 2.75) is 51.4 Å². The average Bonchev–Trinajstić information content (AvgIpc) is 3.51. The van der Waals surface area contributed by atoms with Gasteiger partial charge in [0.15, 0.2) is 5.54 Å². The van der Waals surface area contributed by atoms with Crippen LogP contribution in [-0.2, 0) is 19.4 Å². The molecule has 0 aliphatic heterocycles. The Bertz CT molecular complexity index is 2320. The van der Waals surface area contributed by atoms with E-state index in [1.165, 1.54) is 29.7 Å². The number of amides is 1. The fourth-order valence-corrected chi connectivity index (χ4v) is 6.69. The van der Waals surface area contributed by atoms with Crippen LogP contribution in [0.15, 0.2) is 48.2 Å². The zero-order valence-corrected chi connectivity index (χ0v) is 29.5. The molecular formula is C33H30F3N8O6PS. The lowest BCUT2D eigenvalue weighted by atomic mass is 9.96. The number of ether oxygens (including phenoxy) is 1. The first-order valence-electron chi connectivity index (χ1n) is 15.5. The van der Waals surface area contributed by atoms with E-state index < -0.39 is 38.5 Å². The number of alkyl halides is 3. The second-order valence-electron chi connectivity index (χ2n) is 13.2. The van der Waals surface area contributed by atoms with Crippen molar-refractivity contribution in [2.75, 3.05) is 23.6 Å². The van der Waals surface area contributed by atoms with E-state index in [0.717, 1.165) is 15.8 Å². The van der Waals surface area contributed by atoms with Gasteiger partial charge in [0.1, 0.15) is 17.8 Å². The molecule has 0 bridgehead atoms. The maximum absolute atomic E-state index is 14.2. The number of aromatic nitrogens is 5. The molecule has 1 aliphatic rings. The summed E-state index contributed by atoms with van der Waals surface area (Å²) in [5.74, 6) is 2.58. The molecule has 2 aromatic carbocycles. The predicted molar refractivity (Wildman–Crippen MR) is 184 cm³/mol. The standard InChI is InChI=1S/C33H30F3N8O6PS/c1-5-19-14-38-27-20(13-37)11-21(12-23(27)26(19)39-16-31(2,3)4)44(30(45)49-18-50-51(46,47)48)28(22-7-6-8-24-29(22)52-17-40-24)25-15-43(42-41-25)32(9-10-32)33(34,35)36/h1,6-8,11-12,14-15,17,28H,9-10,16,18H2,2-4H3,(H,38,39)(H2,46,47,48)/t28-/m0/s1. The van der Waals surface area contributed by atoms with Gasteiger partial charge in [-0.25, -0.2) is 23.5 Å². The van der Waals surface area contributed by atoms with Crippen molar-refractivity contribution in [2.24, 2.45) is 5.41 Å². The van der Waals surface area contributed by atoms with Gasteiger partial charge in [0.25, 0.3) is 0 Å². The molecule has 1 amide bonds. The monoisotopic (exact) mass is 754 g/mol. The number of thiazole rings is 1. The van der Waals surface area contributed by atoms with E-state index in [0.29, 0.717) is 39.0 Å². The van der Waals surface area contributed by atoms with Crippen molar-refractivity contribution in [3.05, 3.63) is 70.6 Å². The van der Waals surface area contributed by atoms with E-state index in [4.69, 9.17) is 11.2 Å². The molecule has 270 valence electrons. The van der Waals surface area contributed by atoms with Gasteiger partial charge in [-0.15, -0.1) is 22.9 Å². The number of benzene rings is 2. The summed E-state index contributed by atoms with van der Waals surface area (Å²) in [6.45, 7) is 5.19. The highest BCUT2D eigenvalue weighted by atomic mass is 32.1. The Hall–Kier alpha value is -5.10. The molecule has 1 fully saturated rings. The SMILES string of the molecule is C#Cc1cnc2c(C#N)cc(N(C(=O)OCOP(=O)(O)O)[C@H](c3cn(C4(C(F)(F)F)CC4)nn3)c3cccc4ncsc34)cc2c1NCC(C)(C)C. The van der Waals surface area contributed by atoms with Crippen LogP contribution in [0.2, 0.25) is 0 Å². The molecule has 1 aliphatic carbocycles. The maximum atomic E-state index is 14.2. The van der Waals surface area contributed by atoms with Crippen molar-refractivity contribution in [1.29, 1.82) is 5.26 Å². The van der Waals surface area contributed by atoms with Crippen molar-refractivity contribution in [1.82, 2.24) is 25.0 Å². The number of hydrogen-bond donors (Lipinski definition) is 3. The van der Waals surface area contributed by atoms with Gasteiger partial charge in [0, 0.05) is 23.7 Å². The lowest BCUT2D eigenvalue weighted by molar-refractivity contribution is -0.183. The second kappa shape index (κ2) is 13.5. The molecule has 1 atom stereocenters. The van der Waals surface area contributed by atoms with Gasteiger partial charge < -0.3 is 19.8 Å². The zero-order valence-electron chi connectivity index (χ0n) is 27.7. The van der Waals surface area contributed by atoms with Crippen LogP contribution in [0.5, 0.6) is 0 Å². The average molecular weight is 755 g/mol. The number of terminal acetylenes is 1. The summed E-state index contributed by atoms with van der Waals surface area (Å²) in [5.41, 5.74) is 0.712. The lowest BCUT2D eigenvalue weighted by Crippen LogP contribution is -2.37. The van der Waals surface area contributed by atoms with Crippen LogP contribution < -0.4 is 10.2 Å². The Morgan fingerprint density at radius 2 is 1.98 bits per heavy atom. The summed E-state index contributed by atoms with van der Waals surface area (Å²) < 4.78 is 65.0. The van der Waals surface area contributed by atoms with Crippen LogP contribution in [0, 0.1) is 29.1 Å². The molecule has 0 unspecified atom stereocenters. The molecule has 3 heterocycles. The number of anilines is 2. The fraction of sp³-hybridized carbons (Fsp3) is 0.333. The smallest absolute Gasteiger partial charge is 0.421 e. The molecule has 6 rings (SSSR count). The Morgan fingerprint density at radius 1 is 1.23 bits per heavy atom. The number of nitrogens with one attached hydrogen (secondary N) is 1. The number of carbonyl (C=O) groups is 1. The van der Waals surface area contributed by atoms with Gasteiger partial charge in [0.05, 0.1) is 49.9 Å². The minimum atomic E-state index is -5.11. The summed E-state index contributed by atoms with van der Waals surface area (Å²) in [4.78, 5) is 42.5. The number of carbonyl (C=O) groups excluding carboxylic acids is 1. The van der Waals surface area contributed by atoms with E-state index in [2.05, 4.69) is 42.1 Å². The Balaban J connectivity index is 1.62. The lowest BCUT2D eigenvalue weighted by Gasteiger charge is -2.31. The number of phosphoric ester groups is 1. The largest absolute Gasteiger partial charge is 0.472 e. The summed E-state index contributed by atoms with van der Waals surface area (Å²) >= 11 is 1.19. The third kappa shape index (κ3) is 7.16. The third-order valence-electron chi connectivity index (χ3n) is 8.33. The van der Waals surface area contributed by atoms with E-state index in [1.807, 2.05) is 20.8 Å². The van der Waals surface area contributed by atoms with Crippen LogP contribution in [0.25, 0.3) is 21.1 Å². The van der Waals surface area contributed by atoms with Crippen LogP contribution in [-0.4, -0.2) is 60.4 Å². The van der Waals surface area contributed by atoms with E-state index in [9.17, 15) is 37.6 Å². The van der Waals surface area contributed by atoms with Gasteiger partial charge in [0.2, 0.25) is 6.79 Å². The number of halogens is 3. The topological polar surface area (TPSA) is 189 Å². The van der Waals surface area contributed by atoms with Crippen molar-refractivity contribution < 1.29 is 41.6 Å². The van der Waals surface area contributed by atoms with E-state index in [1.54, 1.807) is 23.7 Å². The number of fused-ring (bicyclic) bond motifs is 2. The molecule has 0 radical (unpaired) electrons. The number of phosphoric acid groups is 1. The van der Waals surface area contributed by atoms with E-state index >= 15 is 0 Å². The third-order valence-corrected chi connectivity index (χ3v) is 9.66. The molecule has 52 heavy (non-hydrogen) atoms. The highest BCUT2D eigenvalue weighted by Crippen LogP contribution is 2.55. The quantitative estimate of drug-likeness (QED) is 0.0789. The van der Waals surface area contributed by atoms with E-state index in [-0.39, 0.29) is 40.7 Å². The van der Waals surface area contributed by atoms with Gasteiger partial charge in [-0.3, -0.25) is 9.88 Å². The zero-order chi connectivity index (χ0) is 37.6. The molecule has 3 aromatic heterocycles. The van der Waals surface area contributed by atoms with Gasteiger partial charge in [-0.1, -0.05) is 44.0 Å².